The van der Waals surface area contributed by atoms with Gasteiger partial charge in [-0.25, -0.2) is 9.18 Å². The van der Waals surface area contributed by atoms with Gasteiger partial charge in [0.1, 0.15) is 11.4 Å². The predicted molar refractivity (Wildman–Crippen MR) is 103 cm³/mol. The molecular weight excluding hydrogens is 397 g/mol. The highest BCUT2D eigenvalue weighted by Gasteiger charge is 2.27. The average Bonchev–Trinajstić information content (AvgIpc) is 2.71. The predicted octanol–water partition coefficient (Wildman–Crippen LogP) is 1.60. The number of para-hydroxylation sites is 1. The fourth-order valence-electron chi connectivity index (χ4n) is 2.56. The van der Waals surface area contributed by atoms with Crippen LogP contribution in [0.4, 0.5) is 14.9 Å². The number of anilines is 1. The van der Waals surface area contributed by atoms with E-state index in [2.05, 4.69) is 5.32 Å². The number of ether oxygens (including phenoxy) is 2. The second kappa shape index (κ2) is 8.86. The summed E-state index contributed by atoms with van der Waals surface area (Å²) in [7, 11) is 1.37. The maximum Gasteiger partial charge on any atom is 0.328 e. The van der Waals surface area contributed by atoms with Crippen molar-refractivity contribution in [3.8, 4) is 11.5 Å². The summed E-state index contributed by atoms with van der Waals surface area (Å²) in [6.07, 6.45) is 1.27. The molecule has 5 amide bonds. The van der Waals surface area contributed by atoms with E-state index in [0.717, 1.165) is 0 Å². The maximum atomic E-state index is 13.6. The van der Waals surface area contributed by atoms with Crippen LogP contribution in [0, 0.1) is 5.82 Å². The maximum absolute atomic E-state index is 13.6. The molecule has 1 aliphatic rings. The van der Waals surface area contributed by atoms with Crippen LogP contribution in [0.25, 0.3) is 6.08 Å². The molecule has 10 heteroatoms. The largest absolute Gasteiger partial charge is 0.493 e. The number of rotatable bonds is 6. The summed E-state index contributed by atoms with van der Waals surface area (Å²) in [6, 6.07) is 9.31. The van der Waals surface area contributed by atoms with Gasteiger partial charge in [-0.3, -0.25) is 25.0 Å². The number of barbiturate groups is 1. The molecule has 0 atom stereocenters. The molecule has 1 aliphatic heterocycles. The second-order valence-corrected chi connectivity index (χ2v) is 6.02. The van der Waals surface area contributed by atoms with Crippen molar-refractivity contribution in [2.75, 3.05) is 19.0 Å². The van der Waals surface area contributed by atoms with E-state index in [-0.39, 0.29) is 22.8 Å². The number of hydrogen-bond acceptors (Lipinski definition) is 6. The van der Waals surface area contributed by atoms with Gasteiger partial charge in [0.25, 0.3) is 17.7 Å². The van der Waals surface area contributed by atoms with Crippen molar-refractivity contribution in [1.82, 2.24) is 10.6 Å². The third-order valence-electron chi connectivity index (χ3n) is 3.95. The Morgan fingerprint density at radius 2 is 1.77 bits per heavy atom. The van der Waals surface area contributed by atoms with Gasteiger partial charge >= 0.3 is 6.03 Å². The number of urea groups is 1. The Morgan fingerprint density at radius 3 is 2.43 bits per heavy atom. The highest BCUT2D eigenvalue weighted by Crippen LogP contribution is 2.29. The zero-order valence-corrected chi connectivity index (χ0v) is 15.7. The quantitative estimate of drug-likeness (QED) is 0.488. The molecule has 0 saturated carbocycles. The van der Waals surface area contributed by atoms with Crippen LogP contribution in [0.2, 0.25) is 0 Å². The summed E-state index contributed by atoms with van der Waals surface area (Å²) in [5, 5.41) is 6.33. The van der Waals surface area contributed by atoms with Gasteiger partial charge in [-0.15, -0.1) is 0 Å². The van der Waals surface area contributed by atoms with Gasteiger partial charge in [-0.1, -0.05) is 18.2 Å². The van der Waals surface area contributed by atoms with E-state index in [4.69, 9.17) is 9.47 Å². The van der Waals surface area contributed by atoms with Crippen molar-refractivity contribution in [2.45, 2.75) is 0 Å². The molecule has 1 saturated heterocycles. The molecule has 3 N–H and O–H groups in total. The molecule has 0 aromatic heterocycles. The first-order chi connectivity index (χ1) is 14.4. The van der Waals surface area contributed by atoms with E-state index in [0.29, 0.717) is 5.56 Å². The Balaban J connectivity index is 1.70. The van der Waals surface area contributed by atoms with Crippen LogP contribution in [-0.4, -0.2) is 37.5 Å². The number of hydrogen-bond donors (Lipinski definition) is 3. The van der Waals surface area contributed by atoms with Crippen molar-refractivity contribution >= 4 is 35.5 Å². The van der Waals surface area contributed by atoms with Crippen LogP contribution in [0.15, 0.2) is 48.0 Å². The Morgan fingerprint density at radius 1 is 1.07 bits per heavy atom. The van der Waals surface area contributed by atoms with Gasteiger partial charge in [0, 0.05) is 0 Å². The zero-order valence-electron chi connectivity index (χ0n) is 15.7. The second-order valence-electron chi connectivity index (χ2n) is 6.02. The van der Waals surface area contributed by atoms with E-state index in [9.17, 15) is 23.6 Å². The Kier molecular flexibility index (Phi) is 6.06. The molecule has 0 unspecified atom stereocenters. The zero-order chi connectivity index (χ0) is 21.7. The summed E-state index contributed by atoms with van der Waals surface area (Å²) >= 11 is 0. The molecule has 1 fully saturated rings. The molecule has 9 nitrogen and oxygen atoms in total. The van der Waals surface area contributed by atoms with Crippen molar-refractivity contribution in [3.63, 3.8) is 0 Å². The molecule has 154 valence electrons. The number of amides is 5. The van der Waals surface area contributed by atoms with Crippen LogP contribution in [0.1, 0.15) is 5.56 Å². The van der Waals surface area contributed by atoms with E-state index in [1.807, 2.05) is 10.6 Å². The van der Waals surface area contributed by atoms with E-state index in [1.54, 1.807) is 6.07 Å². The van der Waals surface area contributed by atoms with Crippen LogP contribution >= 0.6 is 0 Å². The Bertz CT molecular complexity index is 1040. The lowest BCUT2D eigenvalue weighted by atomic mass is 10.1. The summed E-state index contributed by atoms with van der Waals surface area (Å²) in [5.41, 5.74) is 0.196. The molecule has 1 heterocycles. The average molecular weight is 413 g/mol. The first-order valence-corrected chi connectivity index (χ1v) is 8.61. The van der Waals surface area contributed by atoms with Crippen molar-refractivity contribution < 1.29 is 33.0 Å². The molecule has 0 spiro atoms. The van der Waals surface area contributed by atoms with Crippen molar-refractivity contribution in [2.24, 2.45) is 0 Å². The minimum Gasteiger partial charge on any atom is -0.493 e. The molecule has 0 aliphatic carbocycles. The fourth-order valence-corrected chi connectivity index (χ4v) is 2.56. The molecule has 2 aromatic carbocycles. The van der Waals surface area contributed by atoms with E-state index < -0.39 is 36.2 Å². The molecule has 30 heavy (non-hydrogen) atoms. The first kappa shape index (κ1) is 20.5. The highest BCUT2D eigenvalue weighted by atomic mass is 19.1. The third-order valence-corrected chi connectivity index (χ3v) is 3.95. The standard InChI is InChI=1S/C20H16FN3O6/c1-29-16-9-11(8-12-18(26)23-20(28)24-19(12)27)6-7-15(16)30-10-17(25)22-14-5-3-2-4-13(14)21/h2-9H,10H2,1H3,(H,22,25)(H2,23,24,26,27,28). The van der Waals surface area contributed by atoms with Crippen molar-refractivity contribution in [1.29, 1.82) is 0 Å². The fraction of sp³-hybridized carbons (Fsp3) is 0.100. The number of nitrogens with one attached hydrogen (secondary N) is 3. The number of benzene rings is 2. The minimum atomic E-state index is -0.892. The normalized spacial score (nSPS) is 13.3. The molecule has 0 bridgehead atoms. The van der Waals surface area contributed by atoms with Gasteiger partial charge in [-0.05, 0) is 35.9 Å². The van der Waals surface area contributed by atoms with Crippen LogP contribution < -0.4 is 25.4 Å². The van der Waals surface area contributed by atoms with E-state index >= 15 is 0 Å². The SMILES string of the molecule is COc1cc(C=C2C(=O)NC(=O)NC2=O)ccc1OCC(=O)Nc1ccccc1F. The summed E-state index contributed by atoms with van der Waals surface area (Å²) in [5.74, 6) is -2.35. The highest BCUT2D eigenvalue weighted by molar-refractivity contribution is 6.31. The number of carbonyl (C=O) groups is 4. The number of halogens is 1. The van der Waals surface area contributed by atoms with Gasteiger partial charge in [-0.2, -0.15) is 0 Å². The van der Waals surface area contributed by atoms with Crippen molar-refractivity contribution in [3.05, 3.63) is 59.4 Å². The molecule has 3 rings (SSSR count). The lowest BCUT2D eigenvalue weighted by Gasteiger charge is -2.15. The lowest BCUT2D eigenvalue weighted by Crippen LogP contribution is -2.51. The number of methoxy groups -OCH3 is 1. The Hall–Kier alpha value is -4.21. The lowest BCUT2D eigenvalue weighted by molar-refractivity contribution is -0.124. The Labute approximate surface area is 169 Å². The smallest absolute Gasteiger partial charge is 0.328 e. The van der Waals surface area contributed by atoms with Crippen LogP contribution in [-0.2, 0) is 14.4 Å². The molecule has 0 radical (unpaired) electrons. The number of carbonyl (C=O) groups excluding carboxylic acids is 4. The van der Waals surface area contributed by atoms with Gasteiger partial charge in [0.05, 0.1) is 12.8 Å². The summed E-state index contributed by atoms with van der Waals surface area (Å²) in [6.45, 7) is -0.405. The van der Waals surface area contributed by atoms with Gasteiger partial charge < -0.3 is 14.8 Å². The van der Waals surface area contributed by atoms with E-state index in [1.165, 1.54) is 49.6 Å². The number of imide groups is 2. The molecule has 2 aromatic rings. The minimum absolute atomic E-state index is 0.0301. The van der Waals surface area contributed by atoms with Gasteiger partial charge in [0.15, 0.2) is 18.1 Å². The summed E-state index contributed by atoms with van der Waals surface area (Å²) in [4.78, 5) is 46.7. The first-order valence-electron chi connectivity index (χ1n) is 8.61. The summed E-state index contributed by atoms with van der Waals surface area (Å²) < 4.78 is 24.2. The van der Waals surface area contributed by atoms with Crippen LogP contribution in [0.5, 0.6) is 11.5 Å². The third kappa shape index (κ3) is 4.79. The monoisotopic (exact) mass is 413 g/mol. The molecular formula is C20H16FN3O6. The van der Waals surface area contributed by atoms with Gasteiger partial charge in [0.2, 0.25) is 0 Å². The van der Waals surface area contributed by atoms with Crippen LogP contribution in [0.3, 0.4) is 0 Å². The topological polar surface area (TPSA) is 123 Å².